The van der Waals surface area contributed by atoms with Crippen molar-refractivity contribution in [3.63, 3.8) is 0 Å². The highest BCUT2D eigenvalue weighted by atomic mass is 32.2. The highest BCUT2D eigenvalue weighted by Crippen LogP contribution is 2.24. The van der Waals surface area contributed by atoms with E-state index in [1.54, 1.807) is 43.3 Å². The third-order valence-corrected chi connectivity index (χ3v) is 4.96. The van der Waals surface area contributed by atoms with Crippen molar-refractivity contribution in [2.24, 2.45) is 0 Å². The van der Waals surface area contributed by atoms with E-state index in [4.69, 9.17) is 4.74 Å². The summed E-state index contributed by atoms with van der Waals surface area (Å²) in [5.74, 6) is -0.739. The number of ether oxygens (including phenoxy) is 1. The van der Waals surface area contributed by atoms with E-state index < -0.39 is 11.2 Å². The first-order chi connectivity index (χ1) is 12.5. The molecule has 0 amide bonds. The van der Waals surface area contributed by atoms with Crippen molar-refractivity contribution in [3.8, 4) is 0 Å². The number of halogens is 1. The Morgan fingerprint density at radius 1 is 1.23 bits per heavy atom. The number of para-hydroxylation sites is 1. The van der Waals surface area contributed by atoms with E-state index in [0.29, 0.717) is 16.1 Å². The second-order valence-corrected chi connectivity index (χ2v) is 7.02. The van der Waals surface area contributed by atoms with Gasteiger partial charge in [-0.15, -0.1) is 0 Å². The van der Waals surface area contributed by atoms with Gasteiger partial charge in [0.25, 0.3) is 5.56 Å². The number of benzene rings is 2. The van der Waals surface area contributed by atoms with Crippen LogP contribution in [0.3, 0.4) is 0 Å². The summed E-state index contributed by atoms with van der Waals surface area (Å²) in [4.78, 5) is 29.3. The molecule has 3 rings (SSSR count). The van der Waals surface area contributed by atoms with Gasteiger partial charge in [0.1, 0.15) is 11.1 Å². The summed E-state index contributed by atoms with van der Waals surface area (Å²) in [6.07, 6.45) is 0. The molecule has 5 nitrogen and oxygen atoms in total. The lowest BCUT2D eigenvalue weighted by Crippen LogP contribution is -2.25. The van der Waals surface area contributed by atoms with Crippen LogP contribution >= 0.6 is 11.8 Å². The Balaban J connectivity index is 2.09. The third-order valence-electron chi connectivity index (χ3n) is 3.90. The van der Waals surface area contributed by atoms with Gasteiger partial charge in [0, 0.05) is 0 Å². The predicted octanol–water partition coefficient (Wildman–Crippen LogP) is 3.24. The number of methoxy groups -OCH3 is 1. The van der Waals surface area contributed by atoms with Gasteiger partial charge in [-0.3, -0.25) is 14.2 Å². The molecular weight excluding hydrogens is 355 g/mol. The summed E-state index contributed by atoms with van der Waals surface area (Å²) in [5, 5.41) is 0.383. The van der Waals surface area contributed by atoms with Gasteiger partial charge in [0.05, 0.1) is 24.6 Å². The summed E-state index contributed by atoms with van der Waals surface area (Å²) in [6.45, 7) is 1.92. The lowest BCUT2D eigenvalue weighted by Gasteiger charge is -2.15. The molecule has 0 aliphatic heterocycles. The molecule has 0 N–H and O–H groups in total. The van der Waals surface area contributed by atoms with Crippen LogP contribution in [0.25, 0.3) is 10.9 Å². The molecular formula is C19H17FN2O3S. The topological polar surface area (TPSA) is 61.2 Å². The number of aromatic nitrogens is 2. The SMILES string of the molecule is COC(=O)C(C)Sc1nc2ccccc2c(=O)n1Cc1ccc(F)cc1. The quantitative estimate of drug-likeness (QED) is 0.391. The van der Waals surface area contributed by atoms with E-state index in [0.717, 1.165) is 17.3 Å². The van der Waals surface area contributed by atoms with Crippen molar-refractivity contribution in [1.29, 1.82) is 0 Å². The number of carbonyl (C=O) groups excluding carboxylic acids is 1. The Labute approximate surface area is 153 Å². The molecule has 0 saturated carbocycles. The monoisotopic (exact) mass is 372 g/mol. The first-order valence-corrected chi connectivity index (χ1v) is 8.86. The second-order valence-electron chi connectivity index (χ2n) is 5.71. The van der Waals surface area contributed by atoms with Crippen molar-refractivity contribution in [1.82, 2.24) is 9.55 Å². The number of rotatable bonds is 5. The summed E-state index contributed by atoms with van der Waals surface area (Å²) in [6, 6.07) is 13.0. The second kappa shape index (κ2) is 7.70. The molecule has 7 heteroatoms. The largest absolute Gasteiger partial charge is 0.468 e. The molecule has 0 aliphatic rings. The maximum Gasteiger partial charge on any atom is 0.318 e. The van der Waals surface area contributed by atoms with Crippen LogP contribution < -0.4 is 5.56 Å². The molecule has 0 radical (unpaired) electrons. The zero-order valence-corrected chi connectivity index (χ0v) is 15.1. The Hall–Kier alpha value is -2.67. The van der Waals surface area contributed by atoms with Crippen LogP contribution in [0.1, 0.15) is 12.5 Å². The molecule has 0 saturated heterocycles. The zero-order valence-electron chi connectivity index (χ0n) is 14.3. The fourth-order valence-corrected chi connectivity index (χ4v) is 3.46. The summed E-state index contributed by atoms with van der Waals surface area (Å²) in [7, 11) is 1.32. The van der Waals surface area contributed by atoms with E-state index >= 15 is 0 Å². The standard InChI is InChI=1S/C19H17FN2O3S/c1-12(18(24)25-2)26-19-21-16-6-4-3-5-15(16)17(23)22(19)11-13-7-9-14(20)10-8-13/h3-10,12H,11H2,1-2H3. The van der Waals surface area contributed by atoms with E-state index in [2.05, 4.69) is 4.98 Å². The van der Waals surface area contributed by atoms with E-state index in [-0.39, 0.29) is 17.9 Å². The van der Waals surface area contributed by atoms with Gasteiger partial charge in [-0.2, -0.15) is 0 Å². The normalized spacial score (nSPS) is 12.1. The molecule has 0 bridgehead atoms. The average molecular weight is 372 g/mol. The molecule has 0 spiro atoms. The van der Waals surface area contributed by atoms with Gasteiger partial charge in [-0.1, -0.05) is 36.0 Å². The van der Waals surface area contributed by atoms with Crippen LogP contribution in [0.2, 0.25) is 0 Å². The minimum absolute atomic E-state index is 0.209. The van der Waals surface area contributed by atoms with E-state index in [1.807, 2.05) is 0 Å². The number of carbonyl (C=O) groups is 1. The van der Waals surface area contributed by atoms with Gasteiger partial charge in [0.2, 0.25) is 0 Å². The molecule has 1 atom stereocenters. The summed E-state index contributed by atoms with van der Waals surface area (Å²) >= 11 is 1.16. The first kappa shape index (κ1) is 18.1. The van der Waals surface area contributed by atoms with Crippen molar-refractivity contribution in [2.75, 3.05) is 7.11 Å². The van der Waals surface area contributed by atoms with Crippen LogP contribution in [0.5, 0.6) is 0 Å². The smallest absolute Gasteiger partial charge is 0.318 e. The molecule has 1 aromatic heterocycles. The van der Waals surface area contributed by atoms with Crippen molar-refractivity contribution < 1.29 is 13.9 Å². The molecule has 26 heavy (non-hydrogen) atoms. The van der Waals surface area contributed by atoms with Crippen LogP contribution in [0.4, 0.5) is 4.39 Å². The average Bonchev–Trinajstić information content (AvgIpc) is 2.65. The minimum atomic E-state index is -0.521. The van der Waals surface area contributed by atoms with E-state index in [9.17, 15) is 14.0 Å². The van der Waals surface area contributed by atoms with Gasteiger partial charge < -0.3 is 4.74 Å². The molecule has 134 valence electrons. The third kappa shape index (κ3) is 3.77. The molecule has 1 unspecified atom stereocenters. The van der Waals surface area contributed by atoms with Gasteiger partial charge in [0.15, 0.2) is 5.16 Å². The highest BCUT2D eigenvalue weighted by Gasteiger charge is 2.20. The zero-order chi connectivity index (χ0) is 18.7. The van der Waals surface area contributed by atoms with Crippen molar-refractivity contribution >= 4 is 28.6 Å². The number of thioether (sulfide) groups is 1. The Morgan fingerprint density at radius 3 is 2.62 bits per heavy atom. The summed E-state index contributed by atoms with van der Waals surface area (Å²) < 4.78 is 19.4. The van der Waals surface area contributed by atoms with Crippen LogP contribution in [-0.2, 0) is 16.1 Å². The van der Waals surface area contributed by atoms with Crippen LogP contribution in [0, 0.1) is 5.82 Å². The lowest BCUT2D eigenvalue weighted by atomic mass is 10.2. The van der Waals surface area contributed by atoms with Crippen molar-refractivity contribution in [3.05, 3.63) is 70.3 Å². The number of fused-ring (bicyclic) bond motifs is 1. The Kier molecular flexibility index (Phi) is 5.37. The molecule has 3 aromatic rings. The van der Waals surface area contributed by atoms with Gasteiger partial charge >= 0.3 is 5.97 Å². The molecule has 1 heterocycles. The Morgan fingerprint density at radius 2 is 1.92 bits per heavy atom. The van der Waals surface area contributed by atoms with Crippen LogP contribution in [-0.4, -0.2) is 27.9 Å². The number of nitrogens with zero attached hydrogens (tertiary/aromatic N) is 2. The van der Waals surface area contributed by atoms with Crippen LogP contribution in [0.15, 0.2) is 58.5 Å². The van der Waals surface area contributed by atoms with E-state index in [1.165, 1.54) is 23.8 Å². The Bertz CT molecular complexity index is 1000. The molecule has 2 aromatic carbocycles. The fourth-order valence-electron chi connectivity index (χ4n) is 2.52. The number of hydrogen-bond acceptors (Lipinski definition) is 5. The molecule has 0 fully saturated rings. The highest BCUT2D eigenvalue weighted by molar-refractivity contribution is 8.00. The maximum atomic E-state index is 13.2. The maximum absolute atomic E-state index is 13.2. The first-order valence-electron chi connectivity index (χ1n) is 7.98. The fraction of sp³-hybridized carbons (Fsp3) is 0.211. The number of esters is 1. The van der Waals surface area contributed by atoms with Gasteiger partial charge in [-0.05, 0) is 36.8 Å². The summed E-state index contributed by atoms with van der Waals surface area (Å²) in [5.41, 5.74) is 1.12. The lowest BCUT2D eigenvalue weighted by molar-refractivity contribution is -0.139. The number of hydrogen-bond donors (Lipinski definition) is 0. The molecule has 0 aliphatic carbocycles. The predicted molar refractivity (Wildman–Crippen MR) is 98.8 cm³/mol. The van der Waals surface area contributed by atoms with Gasteiger partial charge in [-0.25, -0.2) is 9.37 Å². The van der Waals surface area contributed by atoms with Crippen molar-refractivity contribution in [2.45, 2.75) is 23.9 Å². The minimum Gasteiger partial charge on any atom is -0.468 e.